The molecule has 0 spiro atoms. The molecule has 1 aromatic heterocycles. The van der Waals surface area contributed by atoms with Gasteiger partial charge in [0.05, 0.1) is 28.2 Å². The van der Waals surface area contributed by atoms with Crippen LogP contribution in [0.25, 0.3) is 0 Å². The zero-order valence-electron chi connectivity index (χ0n) is 8.06. The summed E-state index contributed by atoms with van der Waals surface area (Å²) < 4.78 is 24.8. The number of rotatable bonds is 1. The molecule has 1 fully saturated rings. The normalized spacial score (nSPS) is 23.5. The standard InChI is InChI=1S/C8H8Br2N2O3S/c9-6-3-11-12(8(13)7(6)10)5-1-2-16(14,15)4-5/h3,5H,1-2,4H2. The Balaban J connectivity index is 2.44. The van der Waals surface area contributed by atoms with E-state index < -0.39 is 9.84 Å². The van der Waals surface area contributed by atoms with Gasteiger partial charge in [-0.15, -0.1) is 0 Å². The Hall–Kier alpha value is -0.210. The summed E-state index contributed by atoms with van der Waals surface area (Å²) in [6, 6.07) is -0.345. The highest BCUT2D eigenvalue weighted by atomic mass is 79.9. The smallest absolute Gasteiger partial charge is 0.266 e. The van der Waals surface area contributed by atoms with Crippen molar-refractivity contribution in [1.29, 1.82) is 0 Å². The fourth-order valence-electron chi connectivity index (χ4n) is 1.65. The van der Waals surface area contributed by atoms with E-state index in [0.29, 0.717) is 15.4 Å². The van der Waals surface area contributed by atoms with E-state index in [9.17, 15) is 13.2 Å². The minimum Gasteiger partial charge on any atom is -0.266 e. The molecule has 0 amide bonds. The topological polar surface area (TPSA) is 69.0 Å². The van der Waals surface area contributed by atoms with Crippen molar-refractivity contribution in [1.82, 2.24) is 9.78 Å². The van der Waals surface area contributed by atoms with Crippen LogP contribution in [0.2, 0.25) is 0 Å². The number of hydrogen-bond acceptors (Lipinski definition) is 4. The monoisotopic (exact) mass is 370 g/mol. The first-order valence-electron chi connectivity index (χ1n) is 4.54. The van der Waals surface area contributed by atoms with Crippen molar-refractivity contribution in [3.05, 3.63) is 25.5 Å². The molecular weight excluding hydrogens is 364 g/mol. The van der Waals surface area contributed by atoms with Gasteiger partial charge in [-0.3, -0.25) is 4.79 Å². The second kappa shape index (κ2) is 4.23. The Morgan fingerprint density at radius 2 is 2.12 bits per heavy atom. The van der Waals surface area contributed by atoms with Crippen molar-refractivity contribution in [2.45, 2.75) is 12.5 Å². The Kier molecular flexibility index (Phi) is 3.24. The highest BCUT2D eigenvalue weighted by Gasteiger charge is 2.30. The van der Waals surface area contributed by atoms with Crippen molar-refractivity contribution in [3.8, 4) is 0 Å². The molecule has 88 valence electrons. The Bertz CT molecular complexity index is 581. The van der Waals surface area contributed by atoms with Crippen LogP contribution in [0.3, 0.4) is 0 Å². The number of nitrogens with zero attached hydrogens (tertiary/aromatic N) is 2. The van der Waals surface area contributed by atoms with E-state index in [1.54, 1.807) is 0 Å². The maximum Gasteiger partial charge on any atom is 0.282 e. The molecule has 0 saturated carbocycles. The minimum absolute atomic E-state index is 0.00597. The lowest BCUT2D eigenvalue weighted by Crippen LogP contribution is -2.28. The molecule has 1 atom stereocenters. The molecule has 1 aliphatic rings. The van der Waals surface area contributed by atoms with E-state index in [-0.39, 0.29) is 23.1 Å². The summed E-state index contributed by atoms with van der Waals surface area (Å²) >= 11 is 6.31. The summed E-state index contributed by atoms with van der Waals surface area (Å²) in [7, 11) is -3.01. The number of aromatic nitrogens is 2. The van der Waals surface area contributed by atoms with Gasteiger partial charge in [0.1, 0.15) is 4.47 Å². The van der Waals surface area contributed by atoms with E-state index in [0.717, 1.165) is 0 Å². The average Bonchev–Trinajstić information content (AvgIpc) is 2.55. The van der Waals surface area contributed by atoms with Gasteiger partial charge in [0.25, 0.3) is 5.56 Å². The van der Waals surface area contributed by atoms with Crippen LogP contribution < -0.4 is 5.56 Å². The summed E-state index contributed by atoms with van der Waals surface area (Å²) in [5.41, 5.74) is -0.309. The first-order valence-corrected chi connectivity index (χ1v) is 7.95. The van der Waals surface area contributed by atoms with Crippen LogP contribution in [-0.4, -0.2) is 29.7 Å². The predicted molar refractivity (Wildman–Crippen MR) is 66.2 cm³/mol. The van der Waals surface area contributed by atoms with Crippen LogP contribution >= 0.6 is 31.9 Å². The Morgan fingerprint density at radius 3 is 2.69 bits per heavy atom. The molecule has 0 aliphatic carbocycles. The molecule has 0 radical (unpaired) electrons. The molecule has 1 aliphatic heterocycles. The van der Waals surface area contributed by atoms with Gasteiger partial charge in [-0.25, -0.2) is 13.1 Å². The molecule has 16 heavy (non-hydrogen) atoms. The minimum atomic E-state index is -3.01. The van der Waals surface area contributed by atoms with Crippen LogP contribution in [0.4, 0.5) is 0 Å². The van der Waals surface area contributed by atoms with Gasteiger partial charge in [0.2, 0.25) is 0 Å². The third-order valence-electron chi connectivity index (χ3n) is 2.46. The summed E-state index contributed by atoms with van der Waals surface area (Å²) in [6.07, 6.45) is 1.93. The maximum atomic E-state index is 11.8. The SMILES string of the molecule is O=c1c(Br)c(Br)cnn1C1CCS(=O)(=O)C1. The van der Waals surface area contributed by atoms with Crippen molar-refractivity contribution < 1.29 is 8.42 Å². The van der Waals surface area contributed by atoms with Crippen molar-refractivity contribution in [2.75, 3.05) is 11.5 Å². The zero-order valence-corrected chi connectivity index (χ0v) is 12.0. The number of sulfone groups is 1. The van der Waals surface area contributed by atoms with Crippen LogP contribution in [0.15, 0.2) is 19.9 Å². The van der Waals surface area contributed by atoms with Crippen LogP contribution in [0, 0.1) is 0 Å². The van der Waals surface area contributed by atoms with Gasteiger partial charge in [-0.2, -0.15) is 5.10 Å². The summed E-state index contributed by atoms with van der Waals surface area (Å²) in [4.78, 5) is 11.8. The van der Waals surface area contributed by atoms with Crippen LogP contribution in [0.1, 0.15) is 12.5 Å². The second-order valence-corrected chi connectivity index (χ2v) is 7.49. The van der Waals surface area contributed by atoms with Gasteiger partial charge in [0.15, 0.2) is 9.84 Å². The van der Waals surface area contributed by atoms with E-state index in [1.165, 1.54) is 10.9 Å². The van der Waals surface area contributed by atoms with Crippen LogP contribution in [0.5, 0.6) is 0 Å². The Morgan fingerprint density at radius 1 is 1.44 bits per heavy atom. The highest BCUT2D eigenvalue weighted by Crippen LogP contribution is 2.23. The molecule has 1 saturated heterocycles. The largest absolute Gasteiger partial charge is 0.282 e. The summed E-state index contributed by atoms with van der Waals surface area (Å²) in [5.74, 6) is 0.119. The van der Waals surface area contributed by atoms with E-state index in [1.807, 2.05) is 0 Å². The predicted octanol–water partition coefficient (Wildman–Crippen LogP) is 1.13. The number of halogens is 2. The zero-order chi connectivity index (χ0) is 11.9. The summed E-state index contributed by atoms with van der Waals surface area (Å²) in [5, 5.41) is 3.95. The van der Waals surface area contributed by atoms with Gasteiger partial charge < -0.3 is 0 Å². The Labute approximate surface area is 109 Å². The molecule has 2 rings (SSSR count). The van der Waals surface area contributed by atoms with Crippen molar-refractivity contribution in [2.24, 2.45) is 0 Å². The van der Waals surface area contributed by atoms with Gasteiger partial charge >= 0.3 is 0 Å². The highest BCUT2D eigenvalue weighted by molar-refractivity contribution is 9.13. The van der Waals surface area contributed by atoms with Crippen molar-refractivity contribution in [3.63, 3.8) is 0 Å². The average molecular weight is 372 g/mol. The van der Waals surface area contributed by atoms with E-state index in [2.05, 4.69) is 37.0 Å². The fraction of sp³-hybridized carbons (Fsp3) is 0.500. The molecule has 0 aromatic carbocycles. The number of hydrogen-bond donors (Lipinski definition) is 0. The van der Waals surface area contributed by atoms with Gasteiger partial charge in [0, 0.05) is 0 Å². The van der Waals surface area contributed by atoms with E-state index in [4.69, 9.17) is 0 Å². The van der Waals surface area contributed by atoms with Gasteiger partial charge in [-0.1, -0.05) is 0 Å². The summed E-state index contributed by atoms with van der Waals surface area (Å²) in [6.45, 7) is 0. The molecule has 0 N–H and O–H groups in total. The van der Waals surface area contributed by atoms with E-state index >= 15 is 0 Å². The third kappa shape index (κ3) is 2.23. The molecular formula is C8H8Br2N2O3S. The quantitative estimate of drug-likeness (QED) is 0.741. The maximum absolute atomic E-state index is 11.8. The van der Waals surface area contributed by atoms with Crippen molar-refractivity contribution >= 4 is 41.7 Å². The first kappa shape index (κ1) is 12.3. The third-order valence-corrected chi connectivity index (χ3v) is 6.11. The van der Waals surface area contributed by atoms with Crippen LogP contribution in [-0.2, 0) is 9.84 Å². The molecule has 8 heteroatoms. The lowest BCUT2D eigenvalue weighted by atomic mass is 10.3. The lowest BCUT2D eigenvalue weighted by molar-refractivity contribution is 0.471. The fourth-order valence-corrected chi connectivity index (χ4v) is 3.89. The molecule has 2 heterocycles. The lowest BCUT2D eigenvalue weighted by Gasteiger charge is -2.10. The molecule has 1 unspecified atom stereocenters. The first-order chi connectivity index (χ1) is 7.41. The molecule has 0 bridgehead atoms. The molecule has 1 aromatic rings. The second-order valence-electron chi connectivity index (χ2n) is 3.61. The van der Waals surface area contributed by atoms with Gasteiger partial charge in [-0.05, 0) is 38.3 Å². The molecule has 5 nitrogen and oxygen atoms in total.